The van der Waals surface area contributed by atoms with Crippen LogP contribution in [0.1, 0.15) is 35.3 Å². The van der Waals surface area contributed by atoms with E-state index in [-0.39, 0.29) is 53.2 Å². The molecule has 2 aromatic carbocycles. The van der Waals surface area contributed by atoms with Crippen LogP contribution in [0.25, 0.3) is 0 Å². The normalized spacial score (nSPS) is 19.8. The van der Waals surface area contributed by atoms with Gasteiger partial charge in [-0.3, -0.25) is 14.4 Å². The summed E-state index contributed by atoms with van der Waals surface area (Å²) in [5, 5.41) is 19.2. The van der Waals surface area contributed by atoms with Crippen LogP contribution in [0.4, 0.5) is 0 Å². The second kappa shape index (κ2) is 8.90. The summed E-state index contributed by atoms with van der Waals surface area (Å²) in [6.45, 7) is 3.85. The van der Waals surface area contributed by atoms with Crippen LogP contribution in [0, 0.1) is 5.92 Å². The Balaban J connectivity index is 1.34. The van der Waals surface area contributed by atoms with Gasteiger partial charge in [0, 0.05) is 50.8 Å². The summed E-state index contributed by atoms with van der Waals surface area (Å²) in [4.78, 5) is 43.4. The van der Waals surface area contributed by atoms with Gasteiger partial charge in [-0.15, -0.1) is 0 Å². The molecule has 2 atom stereocenters. The number of benzene rings is 2. The Morgan fingerprint density at radius 3 is 2.16 bits per heavy atom. The van der Waals surface area contributed by atoms with Crippen LogP contribution in [0.5, 0.6) is 11.5 Å². The molecule has 0 aromatic heterocycles. The van der Waals surface area contributed by atoms with Gasteiger partial charge in [0.05, 0.1) is 12.0 Å². The number of amides is 3. The molecule has 2 aliphatic heterocycles. The minimum Gasteiger partial charge on any atom is -0.508 e. The highest BCUT2D eigenvalue weighted by Gasteiger charge is 2.39. The van der Waals surface area contributed by atoms with E-state index in [0.717, 1.165) is 11.6 Å². The van der Waals surface area contributed by atoms with Crippen molar-refractivity contribution in [2.45, 2.75) is 19.4 Å². The predicted molar refractivity (Wildman–Crippen MR) is 117 cm³/mol. The number of carbonyl (C=O) groups is 3. The average Bonchev–Trinajstić information content (AvgIpc) is 3.19. The molecular formula is C24H27N3O5. The monoisotopic (exact) mass is 437 g/mol. The van der Waals surface area contributed by atoms with E-state index in [1.165, 1.54) is 12.1 Å². The zero-order valence-corrected chi connectivity index (χ0v) is 18.0. The van der Waals surface area contributed by atoms with Gasteiger partial charge in [0.25, 0.3) is 5.91 Å². The lowest BCUT2D eigenvalue weighted by Gasteiger charge is -2.36. The highest BCUT2D eigenvalue weighted by Crippen LogP contribution is 2.30. The van der Waals surface area contributed by atoms with E-state index in [4.69, 9.17) is 0 Å². The third kappa shape index (κ3) is 4.39. The summed E-state index contributed by atoms with van der Waals surface area (Å²) >= 11 is 0. The third-order valence-corrected chi connectivity index (χ3v) is 6.29. The van der Waals surface area contributed by atoms with Crippen molar-refractivity contribution in [1.82, 2.24) is 14.7 Å². The van der Waals surface area contributed by atoms with E-state index in [9.17, 15) is 24.6 Å². The van der Waals surface area contributed by atoms with Crippen molar-refractivity contribution in [3.8, 4) is 11.5 Å². The SMILES string of the molecule is CC(c1ccccc1)N1CC(C(=O)N2CCN(C(=O)c3cc(O)cc(O)c3)CC2)CC1=O. The van der Waals surface area contributed by atoms with Crippen LogP contribution < -0.4 is 0 Å². The highest BCUT2D eigenvalue weighted by atomic mass is 16.3. The molecule has 2 aliphatic rings. The maximum absolute atomic E-state index is 13.1. The average molecular weight is 437 g/mol. The van der Waals surface area contributed by atoms with Gasteiger partial charge in [0.1, 0.15) is 11.5 Å². The van der Waals surface area contributed by atoms with Crippen LogP contribution in [-0.2, 0) is 9.59 Å². The molecule has 0 aliphatic carbocycles. The number of likely N-dealkylation sites (tertiary alicyclic amines) is 1. The summed E-state index contributed by atoms with van der Waals surface area (Å²) in [7, 11) is 0. The van der Waals surface area contributed by atoms with Crippen molar-refractivity contribution in [1.29, 1.82) is 0 Å². The Hall–Kier alpha value is -3.55. The molecule has 168 valence electrons. The van der Waals surface area contributed by atoms with Crippen molar-refractivity contribution in [2.24, 2.45) is 5.92 Å². The first-order chi connectivity index (χ1) is 15.3. The summed E-state index contributed by atoms with van der Waals surface area (Å²) in [5.74, 6) is -1.11. The molecular weight excluding hydrogens is 410 g/mol. The van der Waals surface area contributed by atoms with E-state index in [1.54, 1.807) is 14.7 Å². The zero-order chi connectivity index (χ0) is 22.8. The van der Waals surface area contributed by atoms with Crippen LogP contribution in [0.15, 0.2) is 48.5 Å². The number of aromatic hydroxyl groups is 2. The minimum absolute atomic E-state index is 0.0165. The summed E-state index contributed by atoms with van der Waals surface area (Å²) in [6, 6.07) is 13.5. The summed E-state index contributed by atoms with van der Waals surface area (Å²) in [5.41, 5.74) is 1.24. The molecule has 8 nitrogen and oxygen atoms in total. The molecule has 2 fully saturated rings. The van der Waals surface area contributed by atoms with Crippen molar-refractivity contribution >= 4 is 17.7 Å². The number of piperazine rings is 1. The van der Waals surface area contributed by atoms with E-state index < -0.39 is 0 Å². The molecule has 0 saturated carbocycles. The molecule has 4 rings (SSSR count). The molecule has 2 heterocycles. The fraction of sp³-hybridized carbons (Fsp3) is 0.375. The minimum atomic E-state index is -0.376. The molecule has 8 heteroatoms. The molecule has 32 heavy (non-hydrogen) atoms. The van der Waals surface area contributed by atoms with Crippen LogP contribution in [0.2, 0.25) is 0 Å². The second-order valence-electron chi connectivity index (χ2n) is 8.39. The quantitative estimate of drug-likeness (QED) is 0.762. The van der Waals surface area contributed by atoms with Gasteiger partial charge < -0.3 is 24.9 Å². The predicted octanol–water partition coefficient (Wildman–Crippen LogP) is 1.99. The molecule has 2 unspecified atom stereocenters. The van der Waals surface area contributed by atoms with Gasteiger partial charge in [-0.2, -0.15) is 0 Å². The Bertz CT molecular complexity index is 997. The molecule has 0 spiro atoms. The van der Waals surface area contributed by atoms with Crippen molar-refractivity contribution in [3.05, 3.63) is 59.7 Å². The number of carbonyl (C=O) groups excluding carboxylic acids is 3. The first-order valence-corrected chi connectivity index (χ1v) is 10.8. The lowest BCUT2D eigenvalue weighted by molar-refractivity contribution is -0.137. The van der Waals surface area contributed by atoms with E-state index >= 15 is 0 Å². The number of nitrogens with zero attached hydrogens (tertiary/aromatic N) is 3. The van der Waals surface area contributed by atoms with E-state index in [1.807, 2.05) is 37.3 Å². The van der Waals surface area contributed by atoms with Gasteiger partial charge in [0.2, 0.25) is 11.8 Å². The fourth-order valence-corrected chi connectivity index (χ4v) is 4.47. The van der Waals surface area contributed by atoms with Gasteiger partial charge >= 0.3 is 0 Å². The molecule has 0 bridgehead atoms. The topological polar surface area (TPSA) is 101 Å². The number of phenols is 2. The number of rotatable bonds is 4. The summed E-state index contributed by atoms with van der Waals surface area (Å²) < 4.78 is 0. The number of hydrogen-bond donors (Lipinski definition) is 2. The fourth-order valence-electron chi connectivity index (χ4n) is 4.47. The summed E-state index contributed by atoms with van der Waals surface area (Å²) in [6.07, 6.45) is 0.206. The maximum atomic E-state index is 13.1. The smallest absolute Gasteiger partial charge is 0.254 e. The van der Waals surface area contributed by atoms with Gasteiger partial charge in [-0.1, -0.05) is 30.3 Å². The molecule has 0 radical (unpaired) electrons. The van der Waals surface area contributed by atoms with Gasteiger partial charge in [-0.05, 0) is 24.6 Å². The molecule has 2 saturated heterocycles. The zero-order valence-electron chi connectivity index (χ0n) is 18.0. The molecule has 2 aromatic rings. The van der Waals surface area contributed by atoms with E-state index in [0.29, 0.717) is 32.7 Å². The number of hydrogen-bond acceptors (Lipinski definition) is 5. The van der Waals surface area contributed by atoms with Crippen molar-refractivity contribution < 1.29 is 24.6 Å². The lowest BCUT2D eigenvalue weighted by atomic mass is 10.1. The van der Waals surface area contributed by atoms with Crippen molar-refractivity contribution in [3.63, 3.8) is 0 Å². The maximum Gasteiger partial charge on any atom is 0.254 e. The third-order valence-electron chi connectivity index (χ3n) is 6.29. The second-order valence-corrected chi connectivity index (χ2v) is 8.39. The Labute approximate surface area is 186 Å². The first-order valence-electron chi connectivity index (χ1n) is 10.8. The van der Waals surface area contributed by atoms with Crippen LogP contribution >= 0.6 is 0 Å². The van der Waals surface area contributed by atoms with Crippen LogP contribution in [-0.4, -0.2) is 75.4 Å². The highest BCUT2D eigenvalue weighted by molar-refractivity contribution is 5.95. The largest absolute Gasteiger partial charge is 0.508 e. The number of phenolic OH excluding ortho intramolecular Hbond substituents is 2. The molecule has 3 amide bonds. The van der Waals surface area contributed by atoms with Gasteiger partial charge in [0.15, 0.2) is 0 Å². The van der Waals surface area contributed by atoms with Crippen LogP contribution in [0.3, 0.4) is 0 Å². The standard InChI is InChI=1S/C24H27N3O5/c1-16(17-5-3-2-4-6-17)27-15-19(13-22(27)30)24(32)26-9-7-25(8-10-26)23(31)18-11-20(28)14-21(29)12-18/h2-6,11-12,14,16,19,28-29H,7-10,13,15H2,1H3. The van der Waals surface area contributed by atoms with Gasteiger partial charge in [-0.25, -0.2) is 0 Å². The van der Waals surface area contributed by atoms with E-state index in [2.05, 4.69) is 0 Å². The Kier molecular flexibility index (Phi) is 6.03. The Morgan fingerprint density at radius 2 is 1.53 bits per heavy atom. The lowest BCUT2D eigenvalue weighted by Crippen LogP contribution is -2.52. The van der Waals surface area contributed by atoms with Crippen molar-refractivity contribution in [2.75, 3.05) is 32.7 Å². The Morgan fingerprint density at radius 1 is 0.938 bits per heavy atom. The molecule has 2 N–H and O–H groups in total. The first kappa shape index (κ1) is 21.7.